The third-order valence-corrected chi connectivity index (χ3v) is 3.78. The fourth-order valence-corrected chi connectivity index (χ4v) is 2.60. The molecular formula is C19H17NO4. The van der Waals surface area contributed by atoms with E-state index in [2.05, 4.69) is 4.98 Å². The molecule has 0 radical (unpaired) electrons. The topological polar surface area (TPSA) is 68.7 Å². The van der Waals surface area contributed by atoms with E-state index in [-0.39, 0.29) is 12.4 Å². The third-order valence-electron chi connectivity index (χ3n) is 3.78. The molecule has 0 fully saturated rings. The molecule has 1 N–H and O–H groups in total. The van der Waals surface area contributed by atoms with E-state index in [9.17, 15) is 9.90 Å². The summed E-state index contributed by atoms with van der Waals surface area (Å²) in [5.41, 5.74) is 3.36. The number of aromatic carboxylic acids is 1. The summed E-state index contributed by atoms with van der Waals surface area (Å²) in [6, 6.07) is 14.5. The summed E-state index contributed by atoms with van der Waals surface area (Å²) in [4.78, 5) is 16.3. The van der Waals surface area contributed by atoms with Crippen LogP contribution >= 0.6 is 0 Å². The Labute approximate surface area is 139 Å². The van der Waals surface area contributed by atoms with Crippen molar-refractivity contribution in [1.29, 1.82) is 0 Å². The molecule has 0 atom stereocenters. The van der Waals surface area contributed by atoms with Crippen molar-refractivity contribution in [1.82, 2.24) is 4.98 Å². The molecule has 5 nitrogen and oxygen atoms in total. The smallest absolute Gasteiger partial charge is 0.336 e. The zero-order valence-electron chi connectivity index (χ0n) is 13.4. The van der Waals surface area contributed by atoms with Crippen molar-refractivity contribution < 1.29 is 19.4 Å². The lowest BCUT2D eigenvalue weighted by Gasteiger charge is -2.11. The van der Waals surface area contributed by atoms with Gasteiger partial charge in [-0.15, -0.1) is 0 Å². The van der Waals surface area contributed by atoms with Crippen LogP contribution in [0.5, 0.6) is 5.75 Å². The highest BCUT2D eigenvalue weighted by molar-refractivity contribution is 6.04. The molecule has 1 heterocycles. The first-order valence-corrected chi connectivity index (χ1v) is 7.46. The van der Waals surface area contributed by atoms with Crippen LogP contribution in [0.2, 0.25) is 0 Å². The Kier molecular flexibility index (Phi) is 4.44. The van der Waals surface area contributed by atoms with Crippen molar-refractivity contribution in [3.63, 3.8) is 0 Å². The van der Waals surface area contributed by atoms with Crippen molar-refractivity contribution in [2.75, 3.05) is 13.9 Å². The SMILES string of the molecule is COCOc1ccc2c(C(=O)O)cc(-c3ccccc3C)nc2c1. The Hall–Kier alpha value is -2.92. The summed E-state index contributed by atoms with van der Waals surface area (Å²) < 4.78 is 10.3. The van der Waals surface area contributed by atoms with E-state index >= 15 is 0 Å². The van der Waals surface area contributed by atoms with Gasteiger partial charge in [0.1, 0.15) is 5.75 Å². The Balaban J connectivity index is 2.20. The van der Waals surface area contributed by atoms with Crippen LogP contribution in [0.25, 0.3) is 22.2 Å². The average molecular weight is 323 g/mol. The molecule has 3 rings (SSSR count). The summed E-state index contributed by atoms with van der Waals surface area (Å²) in [5, 5.41) is 10.1. The van der Waals surface area contributed by atoms with E-state index < -0.39 is 5.97 Å². The monoisotopic (exact) mass is 323 g/mol. The van der Waals surface area contributed by atoms with E-state index in [1.54, 1.807) is 24.3 Å². The number of methoxy groups -OCH3 is 1. The van der Waals surface area contributed by atoms with Crippen LogP contribution in [0.4, 0.5) is 0 Å². The molecule has 5 heteroatoms. The van der Waals surface area contributed by atoms with E-state index in [1.165, 1.54) is 7.11 Å². The van der Waals surface area contributed by atoms with Gasteiger partial charge in [-0.1, -0.05) is 24.3 Å². The molecular weight excluding hydrogens is 306 g/mol. The molecule has 0 saturated carbocycles. The molecule has 0 aliphatic carbocycles. The second-order valence-corrected chi connectivity index (χ2v) is 5.40. The Morgan fingerprint density at radius 3 is 2.67 bits per heavy atom. The highest BCUT2D eigenvalue weighted by atomic mass is 16.7. The molecule has 0 amide bonds. The maximum absolute atomic E-state index is 11.7. The lowest BCUT2D eigenvalue weighted by Crippen LogP contribution is -2.02. The first kappa shape index (κ1) is 16.0. The maximum atomic E-state index is 11.7. The second-order valence-electron chi connectivity index (χ2n) is 5.40. The zero-order chi connectivity index (χ0) is 17.1. The highest BCUT2D eigenvalue weighted by Gasteiger charge is 2.14. The van der Waals surface area contributed by atoms with Crippen molar-refractivity contribution >= 4 is 16.9 Å². The number of ether oxygens (including phenoxy) is 2. The van der Waals surface area contributed by atoms with Crippen molar-refractivity contribution in [2.24, 2.45) is 0 Å². The number of aryl methyl sites for hydroxylation is 1. The predicted octanol–water partition coefficient (Wildman–Crippen LogP) is 3.89. The van der Waals surface area contributed by atoms with Crippen LogP contribution in [0.15, 0.2) is 48.5 Å². The van der Waals surface area contributed by atoms with Gasteiger partial charge in [0.2, 0.25) is 0 Å². The number of hydrogen-bond acceptors (Lipinski definition) is 4. The number of pyridine rings is 1. The molecule has 0 saturated heterocycles. The number of carboxylic acids is 1. The Morgan fingerprint density at radius 2 is 1.96 bits per heavy atom. The molecule has 3 aromatic rings. The van der Waals surface area contributed by atoms with Gasteiger partial charge in [-0.25, -0.2) is 9.78 Å². The Morgan fingerprint density at radius 1 is 1.17 bits per heavy atom. The summed E-state index contributed by atoms with van der Waals surface area (Å²) >= 11 is 0. The number of carbonyl (C=O) groups is 1. The number of nitrogens with zero attached hydrogens (tertiary/aromatic N) is 1. The summed E-state index contributed by atoms with van der Waals surface area (Å²) in [5.74, 6) is -0.405. The molecule has 0 unspecified atom stereocenters. The van der Waals surface area contributed by atoms with Gasteiger partial charge in [0.15, 0.2) is 6.79 Å². The average Bonchev–Trinajstić information content (AvgIpc) is 2.59. The van der Waals surface area contributed by atoms with Gasteiger partial charge in [0.05, 0.1) is 16.8 Å². The molecule has 0 aliphatic rings. The van der Waals surface area contributed by atoms with Crippen LogP contribution in [0, 0.1) is 6.92 Å². The predicted molar refractivity (Wildman–Crippen MR) is 91.4 cm³/mol. The van der Waals surface area contributed by atoms with Gasteiger partial charge in [0, 0.05) is 24.1 Å². The van der Waals surface area contributed by atoms with Crippen LogP contribution in [0.1, 0.15) is 15.9 Å². The summed E-state index contributed by atoms with van der Waals surface area (Å²) in [7, 11) is 1.54. The van der Waals surface area contributed by atoms with E-state index in [0.717, 1.165) is 11.1 Å². The first-order chi connectivity index (χ1) is 11.6. The lowest BCUT2D eigenvalue weighted by atomic mass is 10.0. The lowest BCUT2D eigenvalue weighted by molar-refractivity contribution is 0.0512. The number of carboxylic acid groups (broad SMARTS) is 1. The van der Waals surface area contributed by atoms with Crippen LogP contribution in [-0.4, -0.2) is 30.0 Å². The van der Waals surface area contributed by atoms with E-state index in [0.29, 0.717) is 22.3 Å². The van der Waals surface area contributed by atoms with E-state index in [4.69, 9.17) is 9.47 Å². The van der Waals surface area contributed by atoms with Crippen LogP contribution in [-0.2, 0) is 4.74 Å². The largest absolute Gasteiger partial charge is 0.478 e. The fraction of sp³-hybridized carbons (Fsp3) is 0.158. The minimum absolute atomic E-state index is 0.120. The molecule has 24 heavy (non-hydrogen) atoms. The molecule has 0 aliphatic heterocycles. The standard InChI is InChI=1S/C19H17NO4/c1-12-5-3-4-6-14(12)18-10-16(19(21)22)15-8-7-13(24-11-23-2)9-17(15)20-18/h3-10H,11H2,1-2H3,(H,21,22). The molecule has 0 bridgehead atoms. The van der Waals surface area contributed by atoms with Gasteiger partial charge in [-0.05, 0) is 30.7 Å². The molecule has 1 aromatic heterocycles. The minimum atomic E-state index is -0.984. The van der Waals surface area contributed by atoms with Crippen molar-refractivity contribution in [3.05, 3.63) is 59.7 Å². The number of aromatic nitrogens is 1. The second kappa shape index (κ2) is 6.68. The quantitative estimate of drug-likeness (QED) is 0.721. The zero-order valence-corrected chi connectivity index (χ0v) is 13.4. The van der Waals surface area contributed by atoms with Gasteiger partial charge in [-0.2, -0.15) is 0 Å². The van der Waals surface area contributed by atoms with Gasteiger partial charge >= 0.3 is 5.97 Å². The highest BCUT2D eigenvalue weighted by Crippen LogP contribution is 2.29. The van der Waals surface area contributed by atoms with Gasteiger partial charge < -0.3 is 14.6 Å². The van der Waals surface area contributed by atoms with Crippen molar-refractivity contribution in [3.8, 4) is 17.0 Å². The van der Waals surface area contributed by atoms with Gasteiger partial charge in [0.25, 0.3) is 0 Å². The molecule has 2 aromatic carbocycles. The molecule has 0 spiro atoms. The van der Waals surface area contributed by atoms with E-state index in [1.807, 2.05) is 31.2 Å². The summed E-state index contributed by atoms with van der Waals surface area (Å²) in [6.45, 7) is 2.09. The van der Waals surface area contributed by atoms with Gasteiger partial charge in [-0.3, -0.25) is 0 Å². The molecule has 122 valence electrons. The van der Waals surface area contributed by atoms with Crippen molar-refractivity contribution in [2.45, 2.75) is 6.92 Å². The third kappa shape index (κ3) is 3.07. The fourth-order valence-electron chi connectivity index (χ4n) is 2.60. The minimum Gasteiger partial charge on any atom is -0.478 e. The normalized spacial score (nSPS) is 10.8. The number of hydrogen-bond donors (Lipinski definition) is 1. The number of benzene rings is 2. The Bertz CT molecular complexity index is 905. The number of rotatable bonds is 5. The number of fused-ring (bicyclic) bond motifs is 1. The maximum Gasteiger partial charge on any atom is 0.336 e. The first-order valence-electron chi connectivity index (χ1n) is 7.46. The van der Waals surface area contributed by atoms with Crippen LogP contribution in [0.3, 0.4) is 0 Å². The summed E-state index contributed by atoms with van der Waals surface area (Å²) in [6.07, 6.45) is 0. The van der Waals surface area contributed by atoms with Crippen LogP contribution < -0.4 is 4.74 Å².